The second-order valence-electron chi connectivity index (χ2n) is 5.84. The van der Waals surface area contributed by atoms with Crippen molar-refractivity contribution < 1.29 is 14.6 Å². The van der Waals surface area contributed by atoms with Gasteiger partial charge < -0.3 is 20.5 Å². The summed E-state index contributed by atoms with van der Waals surface area (Å²) >= 11 is 11.9. The highest BCUT2D eigenvalue weighted by Gasteiger charge is 2.24. The lowest BCUT2D eigenvalue weighted by atomic mass is 9.92. The molecular weight excluding hydrogens is 339 g/mol. The SMILES string of the molecule is C[C@H]1C[C@@H](C(=O)NCC(O)COc2cccc(Cl)c2Cl)CCN1. The van der Waals surface area contributed by atoms with Crippen LogP contribution in [0.3, 0.4) is 0 Å². The predicted molar refractivity (Wildman–Crippen MR) is 91.2 cm³/mol. The zero-order valence-corrected chi connectivity index (χ0v) is 14.5. The fourth-order valence-corrected chi connectivity index (χ4v) is 2.92. The maximum atomic E-state index is 12.1. The molecule has 128 valence electrons. The molecule has 1 aromatic rings. The summed E-state index contributed by atoms with van der Waals surface area (Å²) in [6.07, 6.45) is 0.824. The average Bonchev–Trinajstić information content (AvgIpc) is 2.54. The molecule has 0 aromatic heterocycles. The molecule has 0 bridgehead atoms. The van der Waals surface area contributed by atoms with Crippen LogP contribution in [0.15, 0.2) is 18.2 Å². The smallest absolute Gasteiger partial charge is 0.223 e. The first-order valence-corrected chi connectivity index (χ1v) is 8.49. The van der Waals surface area contributed by atoms with Crippen LogP contribution in [0.1, 0.15) is 19.8 Å². The van der Waals surface area contributed by atoms with Crippen molar-refractivity contribution in [1.29, 1.82) is 0 Å². The molecule has 1 saturated heterocycles. The first-order chi connectivity index (χ1) is 11.0. The van der Waals surface area contributed by atoms with Gasteiger partial charge >= 0.3 is 0 Å². The summed E-state index contributed by atoms with van der Waals surface area (Å²) in [7, 11) is 0. The number of nitrogens with one attached hydrogen (secondary N) is 2. The van der Waals surface area contributed by atoms with Gasteiger partial charge in [0.05, 0.1) is 5.02 Å². The first kappa shape index (κ1) is 18.3. The number of benzene rings is 1. The first-order valence-electron chi connectivity index (χ1n) is 7.73. The number of ether oxygens (including phenoxy) is 1. The van der Waals surface area contributed by atoms with Crippen LogP contribution in [0.5, 0.6) is 5.75 Å². The van der Waals surface area contributed by atoms with Gasteiger partial charge in [-0.05, 0) is 38.4 Å². The molecule has 1 aliphatic rings. The number of carbonyl (C=O) groups is 1. The molecule has 23 heavy (non-hydrogen) atoms. The van der Waals surface area contributed by atoms with E-state index in [-0.39, 0.29) is 25.0 Å². The number of piperidine rings is 1. The van der Waals surface area contributed by atoms with E-state index in [0.717, 1.165) is 19.4 Å². The van der Waals surface area contributed by atoms with Gasteiger partial charge in [-0.1, -0.05) is 29.3 Å². The Bertz CT molecular complexity index is 542. The molecule has 0 saturated carbocycles. The number of halogens is 2. The van der Waals surface area contributed by atoms with Crippen molar-refractivity contribution >= 4 is 29.1 Å². The zero-order valence-electron chi connectivity index (χ0n) is 13.0. The molecule has 5 nitrogen and oxygen atoms in total. The number of rotatable bonds is 6. The molecule has 0 spiro atoms. The molecule has 2 rings (SSSR count). The van der Waals surface area contributed by atoms with E-state index in [9.17, 15) is 9.90 Å². The van der Waals surface area contributed by atoms with E-state index in [1.165, 1.54) is 0 Å². The van der Waals surface area contributed by atoms with Crippen LogP contribution in [-0.4, -0.2) is 42.9 Å². The quantitative estimate of drug-likeness (QED) is 0.727. The van der Waals surface area contributed by atoms with Gasteiger partial charge in [-0.15, -0.1) is 0 Å². The van der Waals surface area contributed by atoms with Crippen LogP contribution in [0.4, 0.5) is 0 Å². The largest absolute Gasteiger partial charge is 0.489 e. The molecule has 1 aromatic carbocycles. The van der Waals surface area contributed by atoms with E-state index >= 15 is 0 Å². The Labute approximate surface area is 146 Å². The normalized spacial score (nSPS) is 22.4. The van der Waals surface area contributed by atoms with E-state index in [0.29, 0.717) is 21.8 Å². The second kappa shape index (κ2) is 8.73. The number of hydrogen-bond donors (Lipinski definition) is 3. The van der Waals surface area contributed by atoms with Gasteiger partial charge in [0.2, 0.25) is 5.91 Å². The Hall–Kier alpha value is -1.01. The molecule has 1 fully saturated rings. The van der Waals surface area contributed by atoms with Crippen LogP contribution in [0.2, 0.25) is 10.0 Å². The van der Waals surface area contributed by atoms with Gasteiger partial charge in [-0.25, -0.2) is 0 Å². The van der Waals surface area contributed by atoms with E-state index in [1.807, 2.05) is 0 Å². The van der Waals surface area contributed by atoms with Crippen molar-refractivity contribution in [2.24, 2.45) is 5.92 Å². The monoisotopic (exact) mass is 360 g/mol. The summed E-state index contributed by atoms with van der Waals surface area (Å²) in [6, 6.07) is 5.40. The van der Waals surface area contributed by atoms with Gasteiger partial charge in [-0.3, -0.25) is 4.79 Å². The molecule has 1 unspecified atom stereocenters. The molecular formula is C16H22Cl2N2O3. The third-order valence-corrected chi connectivity index (χ3v) is 4.66. The fraction of sp³-hybridized carbons (Fsp3) is 0.562. The van der Waals surface area contributed by atoms with Crippen LogP contribution < -0.4 is 15.4 Å². The Kier molecular flexibility index (Phi) is 6.96. The maximum absolute atomic E-state index is 12.1. The minimum atomic E-state index is -0.812. The molecule has 1 aliphatic heterocycles. The molecule has 1 amide bonds. The van der Waals surface area contributed by atoms with Crippen molar-refractivity contribution in [1.82, 2.24) is 10.6 Å². The van der Waals surface area contributed by atoms with Gasteiger partial charge in [-0.2, -0.15) is 0 Å². The molecule has 3 N–H and O–H groups in total. The number of aliphatic hydroxyl groups excluding tert-OH is 1. The minimum absolute atomic E-state index is 0.00161. The predicted octanol–water partition coefficient (Wildman–Crippen LogP) is 2.24. The molecule has 1 heterocycles. The molecule has 3 atom stereocenters. The zero-order chi connectivity index (χ0) is 16.8. The van der Waals surface area contributed by atoms with Crippen molar-refractivity contribution in [2.45, 2.75) is 31.9 Å². The lowest BCUT2D eigenvalue weighted by molar-refractivity contribution is -0.126. The second-order valence-corrected chi connectivity index (χ2v) is 6.62. The Morgan fingerprint density at radius 3 is 3.04 bits per heavy atom. The van der Waals surface area contributed by atoms with Crippen LogP contribution in [-0.2, 0) is 4.79 Å². The Morgan fingerprint density at radius 2 is 2.30 bits per heavy atom. The topological polar surface area (TPSA) is 70.6 Å². The van der Waals surface area contributed by atoms with Crippen LogP contribution in [0, 0.1) is 5.92 Å². The Balaban J connectivity index is 1.73. The van der Waals surface area contributed by atoms with Gasteiger partial charge in [0.25, 0.3) is 0 Å². The maximum Gasteiger partial charge on any atom is 0.223 e. The number of carbonyl (C=O) groups excluding carboxylic acids is 1. The van der Waals surface area contributed by atoms with Gasteiger partial charge in [0.15, 0.2) is 0 Å². The highest BCUT2D eigenvalue weighted by Crippen LogP contribution is 2.31. The van der Waals surface area contributed by atoms with Gasteiger partial charge in [0, 0.05) is 18.5 Å². The lowest BCUT2D eigenvalue weighted by Gasteiger charge is -2.27. The lowest BCUT2D eigenvalue weighted by Crippen LogP contribution is -2.44. The number of aliphatic hydroxyl groups is 1. The summed E-state index contributed by atoms with van der Waals surface area (Å²) in [6.45, 7) is 3.09. The standard InChI is InChI=1S/C16H22Cl2N2O3/c1-10-7-11(5-6-19-10)16(22)20-8-12(21)9-23-14-4-2-3-13(17)15(14)18/h2-4,10-12,19,21H,5-9H2,1H3,(H,20,22)/t10-,11-,12?/m0/s1. The summed E-state index contributed by atoms with van der Waals surface area (Å²) in [4.78, 5) is 12.1. The van der Waals surface area contributed by atoms with Gasteiger partial charge in [0.1, 0.15) is 23.5 Å². The molecule has 7 heteroatoms. The van der Waals surface area contributed by atoms with Crippen molar-refractivity contribution in [3.63, 3.8) is 0 Å². The minimum Gasteiger partial charge on any atom is -0.489 e. The highest BCUT2D eigenvalue weighted by atomic mass is 35.5. The fourth-order valence-electron chi connectivity index (χ4n) is 2.57. The van der Waals surface area contributed by atoms with E-state index < -0.39 is 6.10 Å². The van der Waals surface area contributed by atoms with Crippen molar-refractivity contribution in [2.75, 3.05) is 19.7 Å². The van der Waals surface area contributed by atoms with E-state index in [2.05, 4.69) is 17.6 Å². The van der Waals surface area contributed by atoms with Crippen LogP contribution in [0.25, 0.3) is 0 Å². The summed E-state index contributed by atoms with van der Waals surface area (Å²) < 4.78 is 5.45. The number of amides is 1. The molecule has 0 radical (unpaired) electrons. The third-order valence-electron chi connectivity index (χ3n) is 3.85. The number of hydrogen-bond acceptors (Lipinski definition) is 4. The highest BCUT2D eigenvalue weighted by molar-refractivity contribution is 6.42. The average molecular weight is 361 g/mol. The van der Waals surface area contributed by atoms with Crippen molar-refractivity contribution in [3.05, 3.63) is 28.2 Å². The van der Waals surface area contributed by atoms with E-state index in [4.69, 9.17) is 27.9 Å². The summed E-state index contributed by atoms with van der Waals surface area (Å²) in [5, 5.41) is 16.7. The molecule has 0 aliphatic carbocycles. The van der Waals surface area contributed by atoms with E-state index in [1.54, 1.807) is 18.2 Å². The third kappa shape index (κ3) is 5.53. The summed E-state index contributed by atoms with van der Waals surface area (Å²) in [5.41, 5.74) is 0. The summed E-state index contributed by atoms with van der Waals surface area (Å²) in [5.74, 6) is 0.400. The Morgan fingerprint density at radius 1 is 1.52 bits per heavy atom. The van der Waals surface area contributed by atoms with Crippen LogP contribution >= 0.6 is 23.2 Å². The van der Waals surface area contributed by atoms with Crippen molar-refractivity contribution in [3.8, 4) is 5.75 Å².